The summed E-state index contributed by atoms with van der Waals surface area (Å²) in [5.41, 5.74) is 5.95. The summed E-state index contributed by atoms with van der Waals surface area (Å²) in [5, 5.41) is 7.02. The Labute approximate surface area is 89.1 Å². The van der Waals surface area contributed by atoms with Crippen LogP contribution >= 0.6 is 11.8 Å². The lowest BCUT2D eigenvalue weighted by Gasteiger charge is -2.05. The summed E-state index contributed by atoms with van der Waals surface area (Å²) in [7, 11) is 0. The lowest BCUT2D eigenvalue weighted by atomic mass is 10.2. The van der Waals surface area contributed by atoms with Crippen molar-refractivity contribution >= 4 is 11.8 Å². The Morgan fingerprint density at radius 3 is 2.71 bits per heavy atom. The highest BCUT2D eigenvalue weighted by molar-refractivity contribution is 7.98. The van der Waals surface area contributed by atoms with E-state index in [0.717, 1.165) is 23.8 Å². The van der Waals surface area contributed by atoms with Crippen molar-refractivity contribution in [3.63, 3.8) is 0 Å². The van der Waals surface area contributed by atoms with E-state index in [9.17, 15) is 0 Å². The molecule has 5 heteroatoms. The average molecular weight is 214 g/mol. The first kappa shape index (κ1) is 11.5. The Kier molecular flexibility index (Phi) is 4.41. The van der Waals surface area contributed by atoms with Crippen LogP contribution < -0.4 is 5.73 Å². The van der Waals surface area contributed by atoms with Crippen LogP contribution in [-0.2, 0) is 0 Å². The van der Waals surface area contributed by atoms with Gasteiger partial charge in [0.15, 0.2) is 5.82 Å². The topological polar surface area (TPSA) is 67.6 Å². The van der Waals surface area contributed by atoms with Crippen LogP contribution in [0.2, 0.25) is 0 Å². The standard InChI is InChI=1S/C9H18N4S/c1-6(2)8-11-9(13-12-8)7(10)4-5-14-3/h6-7H,4-5,10H2,1-3H3,(H,11,12,13)/t7-/m0/s1. The van der Waals surface area contributed by atoms with Crippen molar-refractivity contribution in [2.75, 3.05) is 12.0 Å². The van der Waals surface area contributed by atoms with Gasteiger partial charge in [-0.15, -0.1) is 0 Å². The summed E-state index contributed by atoms with van der Waals surface area (Å²) in [5.74, 6) is 3.06. The van der Waals surface area contributed by atoms with Crippen molar-refractivity contribution < 1.29 is 0 Å². The fourth-order valence-corrected chi connectivity index (χ4v) is 1.58. The van der Waals surface area contributed by atoms with Crippen LogP contribution in [0, 0.1) is 0 Å². The minimum atomic E-state index is -0.0116. The SMILES string of the molecule is CSCC[C@H](N)c1nc(C(C)C)n[nH]1. The molecule has 1 rings (SSSR count). The Morgan fingerprint density at radius 2 is 2.21 bits per heavy atom. The van der Waals surface area contributed by atoms with E-state index in [0.29, 0.717) is 5.92 Å². The van der Waals surface area contributed by atoms with Crippen molar-refractivity contribution in [3.8, 4) is 0 Å². The second-order valence-corrected chi connectivity index (χ2v) is 4.61. The average Bonchev–Trinajstić information content (AvgIpc) is 2.62. The molecule has 0 aliphatic heterocycles. The first-order valence-electron chi connectivity index (χ1n) is 4.81. The lowest BCUT2D eigenvalue weighted by molar-refractivity contribution is 0.656. The van der Waals surface area contributed by atoms with Gasteiger partial charge in [-0.1, -0.05) is 13.8 Å². The lowest BCUT2D eigenvalue weighted by Crippen LogP contribution is -2.13. The molecule has 1 atom stereocenters. The first-order chi connectivity index (χ1) is 6.65. The molecule has 0 saturated heterocycles. The molecule has 0 aromatic carbocycles. The summed E-state index contributed by atoms with van der Waals surface area (Å²) in [6.45, 7) is 4.14. The van der Waals surface area contributed by atoms with E-state index in [4.69, 9.17) is 5.73 Å². The maximum atomic E-state index is 5.95. The fourth-order valence-electron chi connectivity index (χ4n) is 1.09. The van der Waals surface area contributed by atoms with E-state index < -0.39 is 0 Å². The fraction of sp³-hybridized carbons (Fsp3) is 0.778. The number of nitrogens with one attached hydrogen (secondary N) is 1. The molecule has 1 aromatic heterocycles. The van der Waals surface area contributed by atoms with E-state index in [1.54, 1.807) is 11.8 Å². The number of H-pyrrole nitrogens is 1. The third-order valence-electron chi connectivity index (χ3n) is 2.02. The zero-order valence-electron chi connectivity index (χ0n) is 8.95. The van der Waals surface area contributed by atoms with Gasteiger partial charge in [0.1, 0.15) is 5.82 Å². The number of nitrogens with two attached hydrogens (primary N) is 1. The first-order valence-corrected chi connectivity index (χ1v) is 6.21. The largest absolute Gasteiger partial charge is 0.321 e. The molecule has 0 fully saturated rings. The summed E-state index contributed by atoms with van der Waals surface area (Å²) >= 11 is 1.80. The van der Waals surface area contributed by atoms with Gasteiger partial charge in [-0.2, -0.15) is 16.9 Å². The molecule has 0 unspecified atom stereocenters. The number of nitrogens with zero attached hydrogens (tertiary/aromatic N) is 2. The van der Waals surface area contributed by atoms with Gasteiger partial charge in [-0.3, -0.25) is 5.10 Å². The van der Waals surface area contributed by atoms with Crippen LogP contribution in [0.1, 0.15) is 43.9 Å². The zero-order valence-corrected chi connectivity index (χ0v) is 9.77. The molecule has 1 heterocycles. The maximum absolute atomic E-state index is 5.95. The van der Waals surface area contributed by atoms with Gasteiger partial charge in [-0.25, -0.2) is 4.98 Å². The van der Waals surface area contributed by atoms with Crippen molar-refractivity contribution in [3.05, 3.63) is 11.6 Å². The normalized spacial score (nSPS) is 13.5. The molecular formula is C9H18N4S. The number of thioether (sulfide) groups is 1. The van der Waals surface area contributed by atoms with Gasteiger partial charge in [0.05, 0.1) is 6.04 Å². The zero-order chi connectivity index (χ0) is 10.6. The van der Waals surface area contributed by atoms with Crippen molar-refractivity contribution in [2.24, 2.45) is 5.73 Å². The minimum absolute atomic E-state index is 0.0116. The predicted molar refractivity (Wildman–Crippen MR) is 60.4 cm³/mol. The van der Waals surface area contributed by atoms with Gasteiger partial charge in [0.25, 0.3) is 0 Å². The summed E-state index contributed by atoms with van der Waals surface area (Å²) in [6, 6.07) is -0.0116. The van der Waals surface area contributed by atoms with E-state index in [-0.39, 0.29) is 6.04 Å². The van der Waals surface area contributed by atoms with Gasteiger partial charge >= 0.3 is 0 Å². The van der Waals surface area contributed by atoms with Crippen LogP contribution in [0.25, 0.3) is 0 Å². The third kappa shape index (κ3) is 2.99. The molecule has 0 radical (unpaired) electrons. The summed E-state index contributed by atoms with van der Waals surface area (Å²) in [6.07, 6.45) is 3.01. The van der Waals surface area contributed by atoms with Crippen LogP contribution in [0.15, 0.2) is 0 Å². The van der Waals surface area contributed by atoms with Crippen LogP contribution in [0.4, 0.5) is 0 Å². The van der Waals surface area contributed by atoms with Gasteiger partial charge in [0, 0.05) is 5.92 Å². The number of aromatic nitrogens is 3. The van der Waals surface area contributed by atoms with E-state index in [1.165, 1.54) is 0 Å². The molecule has 0 aliphatic rings. The summed E-state index contributed by atoms with van der Waals surface area (Å²) < 4.78 is 0. The monoisotopic (exact) mass is 214 g/mol. The van der Waals surface area contributed by atoms with Crippen LogP contribution in [-0.4, -0.2) is 27.2 Å². The maximum Gasteiger partial charge on any atom is 0.153 e. The quantitative estimate of drug-likeness (QED) is 0.782. The molecule has 0 aliphatic carbocycles. The molecular weight excluding hydrogens is 196 g/mol. The highest BCUT2D eigenvalue weighted by Crippen LogP contribution is 2.14. The molecule has 3 N–H and O–H groups in total. The van der Waals surface area contributed by atoms with Crippen molar-refractivity contribution in [1.29, 1.82) is 0 Å². The number of hydrogen-bond donors (Lipinski definition) is 2. The second kappa shape index (κ2) is 5.36. The van der Waals surface area contributed by atoms with E-state index >= 15 is 0 Å². The second-order valence-electron chi connectivity index (χ2n) is 3.62. The van der Waals surface area contributed by atoms with Gasteiger partial charge in [0.2, 0.25) is 0 Å². The smallest absolute Gasteiger partial charge is 0.153 e. The van der Waals surface area contributed by atoms with Gasteiger partial charge in [-0.05, 0) is 18.4 Å². The minimum Gasteiger partial charge on any atom is -0.321 e. The number of hydrogen-bond acceptors (Lipinski definition) is 4. The summed E-state index contributed by atoms with van der Waals surface area (Å²) in [4.78, 5) is 4.36. The Balaban J connectivity index is 2.57. The third-order valence-corrected chi connectivity index (χ3v) is 2.66. The number of aromatic amines is 1. The van der Waals surface area contributed by atoms with Gasteiger partial charge < -0.3 is 5.73 Å². The van der Waals surface area contributed by atoms with Crippen LogP contribution in [0.5, 0.6) is 0 Å². The highest BCUT2D eigenvalue weighted by atomic mass is 32.2. The van der Waals surface area contributed by atoms with E-state index in [2.05, 4.69) is 35.3 Å². The van der Waals surface area contributed by atoms with Crippen LogP contribution in [0.3, 0.4) is 0 Å². The number of rotatable bonds is 5. The molecule has 1 aromatic rings. The molecule has 0 spiro atoms. The molecule has 4 nitrogen and oxygen atoms in total. The van der Waals surface area contributed by atoms with E-state index in [1.807, 2.05) is 0 Å². The molecule has 0 amide bonds. The Hall–Kier alpha value is -0.550. The predicted octanol–water partition coefficient (Wildman–Crippen LogP) is 1.68. The Bertz CT molecular complexity index is 272. The molecule has 80 valence electrons. The van der Waals surface area contributed by atoms with Crippen molar-refractivity contribution in [1.82, 2.24) is 15.2 Å². The molecule has 0 saturated carbocycles. The van der Waals surface area contributed by atoms with Crippen molar-refractivity contribution in [2.45, 2.75) is 32.2 Å². The molecule has 14 heavy (non-hydrogen) atoms. The Morgan fingerprint density at radius 1 is 1.50 bits per heavy atom. The highest BCUT2D eigenvalue weighted by Gasteiger charge is 2.12. The molecule has 0 bridgehead atoms.